The highest BCUT2D eigenvalue weighted by Gasteiger charge is 2.18. The molecule has 4 nitrogen and oxygen atoms in total. The predicted octanol–water partition coefficient (Wildman–Crippen LogP) is -1.17. The molecule has 0 aliphatic heterocycles. The van der Waals surface area contributed by atoms with Gasteiger partial charge in [0, 0.05) is 0 Å². The van der Waals surface area contributed by atoms with Gasteiger partial charge in [0.05, 0.1) is 6.10 Å². The normalized spacial score (nSPS) is 16.3. The number of primary amides is 1. The van der Waals surface area contributed by atoms with Crippen LogP contribution in [0.1, 0.15) is 13.8 Å². The summed E-state index contributed by atoms with van der Waals surface area (Å²) in [7, 11) is 0. The van der Waals surface area contributed by atoms with Crippen LogP contribution in [0, 0.1) is 0 Å². The van der Waals surface area contributed by atoms with Crippen molar-refractivity contribution in [2.24, 2.45) is 5.73 Å². The largest absolute Gasteiger partial charge is 0.391 e. The molecule has 0 heterocycles. The second-order valence-corrected chi connectivity index (χ2v) is 2.18. The average molecular weight is 146 g/mol. The molecule has 0 saturated heterocycles. The van der Waals surface area contributed by atoms with E-state index in [1.807, 2.05) is 6.92 Å². The van der Waals surface area contributed by atoms with Crippen molar-refractivity contribution in [1.29, 1.82) is 0 Å². The Labute approximate surface area is 60.4 Å². The molecule has 0 saturated carbocycles. The lowest BCUT2D eigenvalue weighted by Crippen LogP contribution is -2.48. The molecule has 0 aromatic rings. The Kier molecular flexibility index (Phi) is 3.99. The van der Waals surface area contributed by atoms with E-state index in [2.05, 4.69) is 5.32 Å². The van der Waals surface area contributed by atoms with Crippen molar-refractivity contribution in [3.05, 3.63) is 0 Å². The fourth-order valence-electron chi connectivity index (χ4n) is 0.729. The van der Waals surface area contributed by atoms with Gasteiger partial charge in [-0.15, -0.1) is 0 Å². The monoisotopic (exact) mass is 146 g/mol. The Hall–Kier alpha value is -0.610. The SMILES string of the molecule is CCN[C@H](C(N)=O)[C@@H](C)O. The van der Waals surface area contributed by atoms with Crippen LogP contribution in [0.25, 0.3) is 0 Å². The zero-order valence-electron chi connectivity index (χ0n) is 6.29. The maximum absolute atomic E-state index is 10.5. The lowest BCUT2D eigenvalue weighted by molar-refractivity contribution is -0.122. The molecule has 0 spiro atoms. The van der Waals surface area contributed by atoms with Crippen LogP contribution in [-0.2, 0) is 4.79 Å². The molecular formula is C6H14N2O2. The standard InChI is InChI=1S/C6H14N2O2/c1-3-8-5(4(2)9)6(7)10/h4-5,8-9H,3H2,1-2H3,(H2,7,10)/t4-,5+/m1/s1. The van der Waals surface area contributed by atoms with E-state index in [1.54, 1.807) is 0 Å². The molecule has 10 heavy (non-hydrogen) atoms. The second kappa shape index (κ2) is 4.24. The minimum absolute atomic E-state index is 0.517. The van der Waals surface area contributed by atoms with Crippen molar-refractivity contribution in [3.63, 3.8) is 0 Å². The van der Waals surface area contributed by atoms with Crippen LogP contribution in [-0.4, -0.2) is 29.7 Å². The lowest BCUT2D eigenvalue weighted by atomic mass is 10.2. The summed E-state index contributed by atoms with van der Waals surface area (Å²) < 4.78 is 0. The van der Waals surface area contributed by atoms with Crippen LogP contribution < -0.4 is 11.1 Å². The number of nitrogens with two attached hydrogens (primary N) is 1. The number of rotatable bonds is 4. The summed E-state index contributed by atoms with van der Waals surface area (Å²) in [6.45, 7) is 3.99. The average Bonchev–Trinajstić information content (AvgIpc) is 1.81. The first-order chi connectivity index (χ1) is 4.59. The van der Waals surface area contributed by atoms with E-state index in [1.165, 1.54) is 6.92 Å². The van der Waals surface area contributed by atoms with Crippen molar-refractivity contribution < 1.29 is 9.90 Å². The molecule has 2 atom stereocenters. The van der Waals surface area contributed by atoms with Crippen molar-refractivity contribution >= 4 is 5.91 Å². The second-order valence-electron chi connectivity index (χ2n) is 2.18. The molecule has 0 aromatic heterocycles. The van der Waals surface area contributed by atoms with E-state index >= 15 is 0 Å². The Morgan fingerprint density at radius 3 is 2.40 bits per heavy atom. The molecule has 0 fully saturated rings. The molecular weight excluding hydrogens is 132 g/mol. The van der Waals surface area contributed by atoms with E-state index in [-0.39, 0.29) is 0 Å². The van der Waals surface area contributed by atoms with Crippen molar-refractivity contribution in [2.75, 3.05) is 6.54 Å². The molecule has 0 aromatic carbocycles. The van der Waals surface area contributed by atoms with Gasteiger partial charge in [-0.25, -0.2) is 0 Å². The topological polar surface area (TPSA) is 75.3 Å². The number of amides is 1. The number of likely N-dealkylation sites (N-methyl/N-ethyl adjacent to an activating group) is 1. The van der Waals surface area contributed by atoms with E-state index in [0.717, 1.165) is 0 Å². The van der Waals surface area contributed by atoms with Crippen molar-refractivity contribution in [1.82, 2.24) is 5.32 Å². The van der Waals surface area contributed by atoms with Gasteiger partial charge in [-0.2, -0.15) is 0 Å². The van der Waals surface area contributed by atoms with Gasteiger partial charge in [-0.1, -0.05) is 6.92 Å². The number of carbonyl (C=O) groups is 1. The third kappa shape index (κ3) is 2.80. The maximum Gasteiger partial charge on any atom is 0.237 e. The molecule has 0 radical (unpaired) electrons. The van der Waals surface area contributed by atoms with Crippen LogP contribution in [0.5, 0.6) is 0 Å². The first-order valence-electron chi connectivity index (χ1n) is 3.30. The minimum Gasteiger partial charge on any atom is -0.391 e. The van der Waals surface area contributed by atoms with Gasteiger partial charge in [0.2, 0.25) is 5.91 Å². The smallest absolute Gasteiger partial charge is 0.237 e. The van der Waals surface area contributed by atoms with Gasteiger partial charge in [0.15, 0.2) is 0 Å². The zero-order chi connectivity index (χ0) is 8.15. The first kappa shape index (κ1) is 9.39. The number of aliphatic hydroxyl groups excluding tert-OH is 1. The van der Waals surface area contributed by atoms with E-state index in [0.29, 0.717) is 6.54 Å². The van der Waals surface area contributed by atoms with Gasteiger partial charge in [0.25, 0.3) is 0 Å². The molecule has 0 rings (SSSR count). The maximum atomic E-state index is 10.5. The third-order valence-corrected chi connectivity index (χ3v) is 1.21. The summed E-state index contributed by atoms with van der Waals surface area (Å²) in [5.41, 5.74) is 4.96. The summed E-state index contributed by atoms with van der Waals surface area (Å²) in [6, 6.07) is -0.620. The van der Waals surface area contributed by atoms with Gasteiger partial charge in [0.1, 0.15) is 6.04 Å². The molecule has 0 aliphatic carbocycles. The molecule has 60 valence electrons. The van der Waals surface area contributed by atoms with E-state index < -0.39 is 18.1 Å². The summed E-state index contributed by atoms with van der Waals surface area (Å²) in [4.78, 5) is 10.5. The first-order valence-corrected chi connectivity index (χ1v) is 3.30. The predicted molar refractivity (Wildman–Crippen MR) is 38.3 cm³/mol. The highest BCUT2D eigenvalue weighted by molar-refractivity contribution is 5.80. The number of nitrogens with one attached hydrogen (secondary N) is 1. The summed E-state index contributed by atoms with van der Waals surface area (Å²) in [5.74, 6) is -0.517. The molecule has 0 aliphatic rings. The van der Waals surface area contributed by atoms with Gasteiger partial charge >= 0.3 is 0 Å². The zero-order valence-corrected chi connectivity index (χ0v) is 6.29. The van der Waals surface area contributed by atoms with Gasteiger partial charge in [-0.3, -0.25) is 4.79 Å². The number of hydrogen-bond donors (Lipinski definition) is 3. The van der Waals surface area contributed by atoms with Gasteiger partial charge < -0.3 is 16.2 Å². The number of carbonyl (C=O) groups excluding carboxylic acids is 1. The molecule has 0 unspecified atom stereocenters. The van der Waals surface area contributed by atoms with E-state index in [9.17, 15) is 4.79 Å². The molecule has 0 bridgehead atoms. The molecule has 4 heteroatoms. The Balaban J connectivity index is 3.85. The fraction of sp³-hybridized carbons (Fsp3) is 0.833. The van der Waals surface area contributed by atoms with Crippen LogP contribution in [0.2, 0.25) is 0 Å². The quantitative estimate of drug-likeness (QED) is 0.468. The summed E-state index contributed by atoms with van der Waals surface area (Å²) in [5, 5.41) is 11.7. The Morgan fingerprint density at radius 2 is 2.30 bits per heavy atom. The number of aliphatic hydroxyl groups is 1. The van der Waals surface area contributed by atoms with Crippen LogP contribution in [0.3, 0.4) is 0 Å². The Morgan fingerprint density at radius 1 is 1.80 bits per heavy atom. The summed E-state index contributed by atoms with van der Waals surface area (Å²) >= 11 is 0. The molecule has 4 N–H and O–H groups in total. The minimum atomic E-state index is -0.725. The van der Waals surface area contributed by atoms with Crippen molar-refractivity contribution in [3.8, 4) is 0 Å². The third-order valence-electron chi connectivity index (χ3n) is 1.21. The van der Waals surface area contributed by atoms with Crippen LogP contribution in [0.4, 0.5) is 0 Å². The highest BCUT2D eigenvalue weighted by Crippen LogP contribution is 1.89. The molecule has 1 amide bonds. The Bertz CT molecular complexity index is 114. The van der Waals surface area contributed by atoms with Crippen LogP contribution in [0.15, 0.2) is 0 Å². The van der Waals surface area contributed by atoms with Crippen LogP contribution >= 0.6 is 0 Å². The highest BCUT2D eigenvalue weighted by atomic mass is 16.3. The van der Waals surface area contributed by atoms with Gasteiger partial charge in [-0.05, 0) is 13.5 Å². The number of hydrogen-bond acceptors (Lipinski definition) is 3. The van der Waals surface area contributed by atoms with Crippen molar-refractivity contribution in [2.45, 2.75) is 26.0 Å². The summed E-state index contributed by atoms with van der Waals surface area (Å²) in [6.07, 6.45) is -0.725. The van der Waals surface area contributed by atoms with E-state index in [4.69, 9.17) is 10.8 Å². The lowest BCUT2D eigenvalue weighted by Gasteiger charge is -2.16. The fourth-order valence-corrected chi connectivity index (χ4v) is 0.729.